The number of rotatable bonds is 6. The maximum absolute atomic E-state index is 6.62. The van der Waals surface area contributed by atoms with Gasteiger partial charge >= 0.3 is 0 Å². The van der Waals surface area contributed by atoms with E-state index in [4.69, 9.17) is 4.42 Å². The predicted octanol–water partition coefficient (Wildman–Crippen LogP) is 15.5. The predicted molar refractivity (Wildman–Crippen MR) is 237 cm³/mol. The van der Waals surface area contributed by atoms with Crippen LogP contribution in [0.15, 0.2) is 217 Å². The minimum Gasteiger partial charge on any atom is -0.456 e. The van der Waals surface area contributed by atoms with E-state index in [1.807, 2.05) is 0 Å². The fourth-order valence-electron chi connectivity index (χ4n) is 8.58. The van der Waals surface area contributed by atoms with Gasteiger partial charge in [0, 0.05) is 27.7 Å². The Kier molecular flexibility index (Phi) is 7.53. The van der Waals surface area contributed by atoms with Crippen LogP contribution in [0, 0.1) is 0 Å². The lowest BCUT2D eigenvalue weighted by atomic mass is 9.89. The van der Waals surface area contributed by atoms with Crippen molar-refractivity contribution in [2.75, 3.05) is 4.90 Å². The van der Waals surface area contributed by atoms with Crippen molar-refractivity contribution in [1.82, 2.24) is 0 Å². The molecular weight excluding hydrogens is 679 g/mol. The largest absolute Gasteiger partial charge is 0.456 e. The summed E-state index contributed by atoms with van der Waals surface area (Å²) >= 11 is 0. The first-order valence-electron chi connectivity index (χ1n) is 19.2. The molecule has 0 N–H and O–H groups in total. The standard InChI is InChI=1S/C54H35NO/c1-2-13-36(14-3-1)38-27-29-43(30-28-38)55(44-19-12-18-40(34-44)41-26-25-37-15-4-5-16-39(37)33-41)50-31-32-52-54(48-23-10-11-24-51(48)56-52)53(50)49-35-42-17-6-7-20-45(42)46-21-8-9-22-47(46)49/h1-35H. The van der Waals surface area contributed by atoms with E-state index in [0.29, 0.717) is 0 Å². The van der Waals surface area contributed by atoms with Gasteiger partial charge in [0.05, 0.1) is 5.69 Å². The Balaban J connectivity index is 1.22. The summed E-state index contributed by atoms with van der Waals surface area (Å²) in [4.78, 5) is 2.43. The highest BCUT2D eigenvalue weighted by atomic mass is 16.3. The normalized spacial score (nSPS) is 11.6. The van der Waals surface area contributed by atoms with Crippen LogP contribution in [0.2, 0.25) is 0 Å². The van der Waals surface area contributed by atoms with Crippen molar-refractivity contribution >= 4 is 71.3 Å². The third-order valence-corrected chi connectivity index (χ3v) is 11.2. The molecule has 262 valence electrons. The van der Waals surface area contributed by atoms with Crippen LogP contribution in [0.25, 0.3) is 87.6 Å². The van der Waals surface area contributed by atoms with E-state index in [-0.39, 0.29) is 0 Å². The molecule has 0 unspecified atom stereocenters. The molecule has 0 atom stereocenters. The van der Waals surface area contributed by atoms with E-state index >= 15 is 0 Å². The number of benzene rings is 10. The summed E-state index contributed by atoms with van der Waals surface area (Å²) in [5.41, 5.74) is 12.0. The zero-order chi connectivity index (χ0) is 37.0. The fraction of sp³-hybridized carbons (Fsp3) is 0. The van der Waals surface area contributed by atoms with Gasteiger partial charge in [0.25, 0.3) is 0 Å². The second-order valence-electron chi connectivity index (χ2n) is 14.5. The summed E-state index contributed by atoms with van der Waals surface area (Å²) in [7, 11) is 0. The Morgan fingerprint density at radius 3 is 1.79 bits per heavy atom. The van der Waals surface area contributed by atoms with Gasteiger partial charge in [0.15, 0.2) is 0 Å². The van der Waals surface area contributed by atoms with Crippen LogP contribution in [0.5, 0.6) is 0 Å². The van der Waals surface area contributed by atoms with Crippen molar-refractivity contribution in [3.63, 3.8) is 0 Å². The van der Waals surface area contributed by atoms with Gasteiger partial charge in [-0.15, -0.1) is 0 Å². The Bertz CT molecular complexity index is 3250. The summed E-state index contributed by atoms with van der Waals surface area (Å²) in [6.07, 6.45) is 0. The summed E-state index contributed by atoms with van der Waals surface area (Å²) in [6.45, 7) is 0. The lowest BCUT2D eigenvalue weighted by molar-refractivity contribution is 0.669. The van der Waals surface area contributed by atoms with Gasteiger partial charge in [-0.2, -0.15) is 0 Å². The minimum atomic E-state index is 0.867. The number of anilines is 3. The van der Waals surface area contributed by atoms with Crippen molar-refractivity contribution in [1.29, 1.82) is 0 Å². The highest BCUT2D eigenvalue weighted by molar-refractivity contribution is 6.22. The molecule has 0 saturated heterocycles. The summed E-state index contributed by atoms with van der Waals surface area (Å²) in [6, 6.07) is 76.6. The van der Waals surface area contributed by atoms with Gasteiger partial charge in [0.2, 0.25) is 0 Å². The van der Waals surface area contributed by atoms with Crippen molar-refractivity contribution in [2.45, 2.75) is 0 Å². The van der Waals surface area contributed by atoms with E-state index in [9.17, 15) is 0 Å². The van der Waals surface area contributed by atoms with E-state index in [1.54, 1.807) is 0 Å². The molecule has 2 nitrogen and oxygen atoms in total. The third-order valence-electron chi connectivity index (χ3n) is 11.2. The molecule has 11 aromatic rings. The quantitative estimate of drug-likeness (QED) is 0.160. The lowest BCUT2D eigenvalue weighted by Gasteiger charge is -2.29. The first kappa shape index (κ1) is 32.0. The maximum Gasteiger partial charge on any atom is 0.136 e. The molecule has 0 spiro atoms. The molecule has 0 aliphatic carbocycles. The highest BCUT2D eigenvalue weighted by Gasteiger charge is 2.24. The van der Waals surface area contributed by atoms with E-state index < -0.39 is 0 Å². The molecule has 56 heavy (non-hydrogen) atoms. The fourth-order valence-corrected chi connectivity index (χ4v) is 8.58. The minimum absolute atomic E-state index is 0.867. The number of nitrogens with zero attached hydrogens (tertiary/aromatic N) is 1. The molecule has 0 amide bonds. The van der Waals surface area contributed by atoms with Crippen molar-refractivity contribution in [3.8, 4) is 33.4 Å². The van der Waals surface area contributed by atoms with Crippen LogP contribution >= 0.6 is 0 Å². The Morgan fingerprint density at radius 1 is 0.321 bits per heavy atom. The van der Waals surface area contributed by atoms with Crippen molar-refractivity contribution < 1.29 is 4.42 Å². The second-order valence-corrected chi connectivity index (χ2v) is 14.5. The molecule has 0 saturated carbocycles. The highest BCUT2D eigenvalue weighted by Crippen LogP contribution is 2.50. The van der Waals surface area contributed by atoms with Crippen molar-refractivity contribution in [3.05, 3.63) is 212 Å². The Labute approximate surface area is 325 Å². The third kappa shape index (κ3) is 5.34. The first-order valence-corrected chi connectivity index (χ1v) is 19.2. The molecule has 10 aromatic carbocycles. The van der Waals surface area contributed by atoms with Gasteiger partial charge in [-0.25, -0.2) is 0 Å². The van der Waals surface area contributed by atoms with E-state index in [2.05, 4.69) is 217 Å². The smallest absolute Gasteiger partial charge is 0.136 e. The number of fused-ring (bicyclic) bond motifs is 7. The van der Waals surface area contributed by atoms with Gasteiger partial charge in [0.1, 0.15) is 11.2 Å². The molecule has 0 aliphatic rings. The van der Waals surface area contributed by atoms with E-state index in [0.717, 1.165) is 50.1 Å². The van der Waals surface area contributed by atoms with E-state index in [1.165, 1.54) is 54.6 Å². The molecular formula is C54H35NO. The van der Waals surface area contributed by atoms with Gasteiger partial charge in [-0.3, -0.25) is 0 Å². The molecule has 1 heterocycles. The number of hydrogen-bond acceptors (Lipinski definition) is 2. The average Bonchev–Trinajstić information content (AvgIpc) is 3.66. The Hall–Kier alpha value is -7.42. The van der Waals surface area contributed by atoms with Crippen LogP contribution in [0.4, 0.5) is 17.1 Å². The SMILES string of the molecule is c1ccc(-c2ccc(N(c3cccc(-c4ccc5ccccc5c4)c3)c3ccc4oc5ccccc5c4c3-c3cc4ccccc4c4ccccc34)cc2)cc1. The Morgan fingerprint density at radius 2 is 0.946 bits per heavy atom. The van der Waals surface area contributed by atoms with Gasteiger partial charge in [-0.05, 0) is 115 Å². The monoisotopic (exact) mass is 713 g/mol. The summed E-state index contributed by atoms with van der Waals surface area (Å²) in [5, 5.41) is 9.55. The first-order chi connectivity index (χ1) is 27.8. The van der Waals surface area contributed by atoms with Crippen molar-refractivity contribution in [2.24, 2.45) is 0 Å². The zero-order valence-corrected chi connectivity index (χ0v) is 30.6. The lowest BCUT2D eigenvalue weighted by Crippen LogP contribution is -2.11. The van der Waals surface area contributed by atoms with Crippen LogP contribution in [-0.2, 0) is 0 Å². The number of hydrogen-bond donors (Lipinski definition) is 0. The number of para-hydroxylation sites is 1. The molecule has 0 radical (unpaired) electrons. The van der Waals surface area contributed by atoms with Gasteiger partial charge in [-0.1, -0.05) is 158 Å². The maximum atomic E-state index is 6.62. The summed E-state index contributed by atoms with van der Waals surface area (Å²) in [5.74, 6) is 0. The second kappa shape index (κ2) is 13.2. The topological polar surface area (TPSA) is 16.4 Å². The molecule has 1 aromatic heterocycles. The van der Waals surface area contributed by atoms with Crippen LogP contribution < -0.4 is 4.90 Å². The zero-order valence-electron chi connectivity index (χ0n) is 30.6. The molecule has 0 aliphatic heterocycles. The van der Waals surface area contributed by atoms with Crippen LogP contribution in [0.3, 0.4) is 0 Å². The van der Waals surface area contributed by atoms with Crippen LogP contribution in [-0.4, -0.2) is 0 Å². The molecule has 0 bridgehead atoms. The molecule has 11 rings (SSSR count). The van der Waals surface area contributed by atoms with Gasteiger partial charge < -0.3 is 9.32 Å². The summed E-state index contributed by atoms with van der Waals surface area (Å²) < 4.78 is 6.62. The molecule has 0 fully saturated rings. The number of furan rings is 1. The average molecular weight is 714 g/mol. The van der Waals surface area contributed by atoms with Crippen LogP contribution in [0.1, 0.15) is 0 Å². The molecule has 2 heteroatoms.